The normalized spacial score (nSPS) is 12.6. The van der Waals surface area contributed by atoms with Crippen LogP contribution in [0.1, 0.15) is 28.0 Å². The number of hydrogen-bond acceptors (Lipinski definition) is 8. The number of aromatic nitrogens is 4. The van der Waals surface area contributed by atoms with E-state index in [-0.39, 0.29) is 22.6 Å². The molecule has 3 heterocycles. The topological polar surface area (TPSA) is 106 Å². The summed E-state index contributed by atoms with van der Waals surface area (Å²) in [6, 6.07) is 2.77. The van der Waals surface area contributed by atoms with Crippen molar-refractivity contribution < 1.29 is 39.6 Å². The molecule has 0 saturated heterocycles. The van der Waals surface area contributed by atoms with Crippen LogP contribution in [0.15, 0.2) is 35.5 Å². The van der Waals surface area contributed by atoms with E-state index in [2.05, 4.69) is 20.2 Å². The van der Waals surface area contributed by atoms with Gasteiger partial charge in [0, 0.05) is 25.0 Å². The van der Waals surface area contributed by atoms with E-state index in [0.29, 0.717) is 11.1 Å². The Hall–Kier alpha value is -3.14. The number of alkyl halides is 6. The van der Waals surface area contributed by atoms with Gasteiger partial charge in [-0.15, -0.1) is 10.2 Å². The SMILES string of the molecule is CCS(=O)(=O)c1cc(-c2ccc(C(F)(F)F)cn2)cnc1C(=O)N(C)c1nnc(C(F)(F)F)s1. The Morgan fingerprint density at radius 3 is 2.21 bits per heavy atom. The van der Waals surface area contributed by atoms with Crippen LogP contribution in [0.2, 0.25) is 0 Å². The van der Waals surface area contributed by atoms with Crippen LogP contribution in [-0.4, -0.2) is 47.3 Å². The average Bonchev–Trinajstić information content (AvgIpc) is 3.28. The molecule has 1 amide bonds. The van der Waals surface area contributed by atoms with Crippen molar-refractivity contribution in [1.29, 1.82) is 0 Å². The van der Waals surface area contributed by atoms with Gasteiger partial charge in [-0.25, -0.2) is 13.4 Å². The van der Waals surface area contributed by atoms with Crippen LogP contribution in [0.4, 0.5) is 31.5 Å². The maximum atomic E-state index is 12.9. The van der Waals surface area contributed by atoms with Crippen LogP contribution in [0.3, 0.4) is 0 Å². The third kappa shape index (κ3) is 5.16. The van der Waals surface area contributed by atoms with Gasteiger partial charge in [-0.1, -0.05) is 18.3 Å². The monoisotopic (exact) mass is 525 g/mol. The predicted molar refractivity (Wildman–Crippen MR) is 108 cm³/mol. The van der Waals surface area contributed by atoms with E-state index >= 15 is 0 Å². The number of hydrogen-bond donors (Lipinski definition) is 0. The van der Waals surface area contributed by atoms with Gasteiger partial charge < -0.3 is 0 Å². The molecule has 0 N–H and O–H groups in total. The average molecular weight is 525 g/mol. The van der Waals surface area contributed by atoms with Crippen LogP contribution in [0.5, 0.6) is 0 Å². The van der Waals surface area contributed by atoms with Crippen LogP contribution in [0.25, 0.3) is 11.3 Å². The molecule has 16 heteroatoms. The van der Waals surface area contributed by atoms with E-state index in [1.54, 1.807) is 0 Å². The number of pyridine rings is 2. The zero-order chi connectivity index (χ0) is 25.5. The van der Waals surface area contributed by atoms with Crippen molar-refractivity contribution in [3.8, 4) is 11.3 Å². The number of sulfone groups is 1. The Morgan fingerprint density at radius 1 is 1.03 bits per heavy atom. The lowest BCUT2D eigenvalue weighted by Gasteiger charge is -2.16. The fourth-order valence-corrected chi connectivity index (χ4v) is 4.31. The highest BCUT2D eigenvalue weighted by Gasteiger charge is 2.37. The standard InChI is InChI=1S/C18H13F6N5O3S2/c1-3-34(31,32)12-6-9(11-5-4-10(8-25-11)17(19,20)21)7-26-13(12)14(30)29(2)16-28-27-15(33-16)18(22,23)24/h4-8H,3H2,1-2H3. The number of carbonyl (C=O) groups excluding carboxylic acids is 1. The minimum absolute atomic E-state index is 0.00947. The predicted octanol–water partition coefficient (Wildman–Crippen LogP) is 4.10. The van der Waals surface area contributed by atoms with E-state index in [9.17, 15) is 39.6 Å². The van der Waals surface area contributed by atoms with Crippen LogP contribution in [0, 0.1) is 0 Å². The third-order valence-corrected chi connectivity index (χ3v) is 7.19. The molecule has 0 unspecified atom stereocenters. The number of amides is 1. The molecule has 3 aromatic rings. The molecule has 0 bridgehead atoms. The molecule has 0 aliphatic rings. The smallest absolute Gasteiger partial charge is 0.284 e. The number of halogens is 6. The molecular formula is C18H13F6N5O3S2. The Balaban J connectivity index is 2.04. The molecule has 0 radical (unpaired) electrons. The largest absolute Gasteiger partial charge is 0.445 e. The summed E-state index contributed by atoms with van der Waals surface area (Å²) in [4.78, 5) is 20.5. The van der Waals surface area contributed by atoms with Gasteiger partial charge in [0.05, 0.1) is 21.9 Å². The lowest BCUT2D eigenvalue weighted by atomic mass is 10.1. The van der Waals surface area contributed by atoms with Crippen molar-refractivity contribution in [3.63, 3.8) is 0 Å². The first-order valence-corrected chi connectivity index (χ1v) is 11.6. The first-order valence-electron chi connectivity index (χ1n) is 9.10. The third-order valence-electron chi connectivity index (χ3n) is 4.41. The van der Waals surface area contributed by atoms with Crippen LogP contribution in [-0.2, 0) is 22.2 Å². The molecule has 182 valence electrons. The molecule has 0 atom stereocenters. The summed E-state index contributed by atoms with van der Waals surface area (Å²) in [5.41, 5.74) is -1.66. The number of nitrogens with zero attached hydrogens (tertiary/aromatic N) is 5. The van der Waals surface area contributed by atoms with Gasteiger partial charge in [0.1, 0.15) is 5.69 Å². The van der Waals surface area contributed by atoms with Gasteiger partial charge in [-0.05, 0) is 18.2 Å². The summed E-state index contributed by atoms with van der Waals surface area (Å²) in [7, 11) is -3.03. The lowest BCUT2D eigenvalue weighted by molar-refractivity contribution is -0.138. The zero-order valence-electron chi connectivity index (χ0n) is 17.1. The molecule has 3 rings (SSSR count). The first-order chi connectivity index (χ1) is 15.6. The second-order valence-corrected chi connectivity index (χ2v) is 9.86. The van der Waals surface area contributed by atoms with Gasteiger partial charge in [0.25, 0.3) is 5.91 Å². The minimum Gasteiger partial charge on any atom is -0.284 e. The summed E-state index contributed by atoms with van der Waals surface area (Å²) >= 11 is 0.0721. The molecule has 8 nitrogen and oxygen atoms in total. The molecule has 0 fully saturated rings. The Bertz CT molecular complexity index is 1320. The quantitative estimate of drug-likeness (QED) is 0.462. The van der Waals surface area contributed by atoms with E-state index in [1.165, 1.54) is 6.92 Å². The first kappa shape index (κ1) is 25.5. The summed E-state index contributed by atoms with van der Waals surface area (Å²) in [6.07, 6.45) is -7.83. The lowest BCUT2D eigenvalue weighted by Crippen LogP contribution is -2.29. The Labute approximate surface area is 192 Å². The van der Waals surface area contributed by atoms with Crippen molar-refractivity contribution in [2.75, 3.05) is 17.7 Å². The molecule has 0 aromatic carbocycles. The second-order valence-electron chi connectivity index (χ2n) is 6.66. The number of carbonyl (C=O) groups is 1. The summed E-state index contributed by atoms with van der Waals surface area (Å²) < 4.78 is 102. The zero-order valence-corrected chi connectivity index (χ0v) is 18.8. The van der Waals surface area contributed by atoms with Gasteiger partial charge >= 0.3 is 12.4 Å². The van der Waals surface area contributed by atoms with Gasteiger partial charge in [-0.2, -0.15) is 26.3 Å². The van der Waals surface area contributed by atoms with Gasteiger partial charge in [0.15, 0.2) is 9.84 Å². The Kier molecular flexibility index (Phi) is 6.67. The molecule has 0 saturated carbocycles. The van der Waals surface area contributed by atoms with Crippen molar-refractivity contribution in [2.24, 2.45) is 0 Å². The number of anilines is 1. The van der Waals surface area contributed by atoms with E-state index in [4.69, 9.17) is 0 Å². The van der Waals surface area contributed by atoms with E-state index in [1.807, 2.05) is 0 Å². The van der Waals surface area contributed by atoms with Crippen molar-refractivity contribution >= 4 is 32.2 Å². The molecule has 3 aromatic heterocycles. The van der Waals surface area contributed by atoms with E-state index < -0.39 is 60.1 Å². The summed E-state index contributed by atoms with van der Waals surface area (Å²) in [5, 5.41) is 4.52. The van der Waals surface area contributed by atoms with Gasteiger partial charge in [0.2, 0.25) is 10.1 Å². The van der Waals surface area contributed by atoms with Gasteiger partial charge in [-0.3, -0.25) is 14.7 Å². The highest BCUT2D eigenvalue weighted by Crippen LogP contribution is 2.35. The fourth-order valence-electron chi connectivity index (χ4n) is 2.58. The molecular weight excluding hydrogens is 512 g/mol. The molecule has 0 aliphatic carbocycles. The van der Waals surface area contributed by atoms with Crippen LogP contribution >= 0.6 is 11.3 Å². The maximum Gasteiger partial charge on any atom is 0.445 e. The summed E-state index contributed by atoms with van der Waals surface area (Å²) in [6.45, 7) is 1.29. The maximum absolute atomic E-state index is 12.9. The van der Waals surface area contributed by atoms with Crippen molar-refractivity contribution in [1.82, 2.24) is 20.2 Å². The minimum atomic E-state index is -4.79. The summed E-state index contributed by atoms with van der Waals surface area (Å²) in [5.74, 6) is -1.54. The van der Waals surface area contributed by atoms with E-state index in [0.717, 1.165) is 31.4 Å². The molecule has 0 spiro atoms. The van der Waals surface area contributed by atoms with Crippen LogP contribution < -0.4 is 4.90 Å². The number of rotatable bonds is 5. The second kappa shape index (κ2) is 8.90. The highest BCUT2D eigenvalue weighted by atomic mass is 32.2. The van der Waals surface area contributed by atoms with Crippen molar-refractivity contribution in [3.05, 3.63) is 46.9 Å². The fraction of sp³-hybridized carbons (Fsp3) is 0.278. The molecule has 0 aliphatic heterocycles. The Morgan fingerprint density at radius 2 is 1.71 bits per heavy atom. The van der Waals surface area contributed by atoms with Crippen molar-refractivity contribution in [2.45, 2.75) is 24.2 Å². The highest BCUT2D eigenvalue weighted by molar-refractivity contribution is 7.91. The molecule has 34 heavy (non-hydrogen) atoms.